The zero-order valence-corrected chi connectivity index (χ0v) is 27.8. The Balaban J connectivity index is 1.46. The van der Waals surface area contributed by atoms with Gasteiger partial charge in [0.1, 0.15) is 12.1 Å². The van der Waals surface area contributed by atoms with Gasteiger partial charge in [-0.05, 0) is 70.2 Å². The van der Waals surface area contributed by atoms with Crippen LogP contribution in [0.3, 0.4) is 0 Å². The number of nitrogens with zero attached hydrogens (tertiary/aromatic N) is 2. The molecule has 4 N–H and O–H groups in total. The van der Waals surface area contributed by atoms with Gasteiger partial charge in [-0.2, -0.15) is 0 Å². The third-order valence-electron chi connectivity index (χ3n) is 8.40. The fourth-order valence-electron chi connectivity index (χ4n) is 5.42. The van der Waals surface area contributed by atoms with Gasteiger partial charge in [0.05, 0.1) is 42.9 Å². The molecule has 2 aliphatic heterocycles. The Labute approximate surface area is 274 Å². The van der Waals surface area contributed by atoms with Crippen molar-refractivity contribution in [2.45, 2.75) is 90.4 Å². The van der Waals surface area contributed by atoms with Crippen LogP contribution >= 0.6 is 0 Å². The highest BCUT2D eigenvalue weighted by molar-refractivity contribution is 5.90. The van der Waals surface area contributed by atoms with E-state index in [0.717, 1.165) is 10.9 Å². The molecule has 2 aromatic rings. The van der Waals surface area contributed by atoms with Crippen LogP contribution in [0.25, 0.3) is 17.0 Å². The maximum Gasteiger partial charge on any atom is 0.322 e. The molecule has 13 nitrogen and oxygen atoms in total. The number of esters is 1. The quantitative estimate of drug-likeness (QED) is 0.262. The first-order valence-corrected chi connectivity index (χ1v) is 16.0. The average molecular weight is 655 g/mol. The van der Waals surface area contributed by atoms with E-state index in [4.69, 9.17) is 14.2 Å². The Morgan fingerprint density at radius 1 is 1.13 bits per heavy atom. The number of hydrogen-bond donors (Lipinski definition) is 4. The zero-order valence-electron chi connectivity index (χ0n) is 27.8. The predicted molar refractivity (Wildman–Crippen MR) is 172 cm³/mol. The van der Waals surface area contributed by atoms with Crippen molar-refractivity contribution in [2.75, 3.05) is 19.8 Å². The number of hydrogen-bond acceptors (Lipinski definition) is 10. The van der Waals surface area contributed by atoms with Gasteiger partial charge in [-0.15, -0.1) is 0 Å². The number of carboxylic acids is 1. The van der Waals surface area contributed by atoms with Gasteiger partial charge in [-0.25, -0.2) is 5.43 Å². The Morgan fingerprint density at radius 3 is 2.45 bits per heavy atom. The lowest BCUT2D eigenvalue weighted by Gasteiger charge is -2.41. The number of hydrazine groups is 1. The van der Waals surface area contributed by atoms with Gasteiger partial charge in [-0.3, -0.25) is 29.2 Å². The predicted octanol–water partition coefficient (Wildman–Crippen LogP) is 3.11. The van der Waals surface area contributed by atoms with Crippen LogP contribution in [0.4, 0.5) is 0 Å². The number of aliphatic hydroxyl groups is 1. The highest BCUT2D eigenvalue weighted by Crippen LogP contribution is 2.30. The van der Waals surface area contributed by atoms with E-state index in [0.29, 0.717) is 30.6 Å². The van der Waals surface area contributed by atoms with Crippen LogP contribution in [0.5, 0.6) is 0 Å². The Bertz CT molecular complexity index is 1500. The molecule has 47 heavy (non-hydrogen) atoms. The standard InChI is InChI=1S/C34H46N4O9/c1-20(2)25(30(41)35-21(3)31(42)38-15-7-8-27(37-38)32(43)44)17-29(40)47-34(18-45-33(5,6)46-19-34)14-13-23-9-10-24-11-12-26(22(4)39)36-28(24)16-23/h9-14,16,20-22,25,27,37,39H,7-8,15,17-19H2,1-6H3,(H,35,41)(H,43,44)/b14-13+/t21-,22+,25-,27-/m0/s1. The van der Waals surface area contributed by atoms with Crippen molar-refractivity contribution in [3.8, 4) is 0 Å². The van der Waals surface area contributed by atoms with Crippen LogP contribution in [0.1, 0.15) is 78.2 Å². The van der Waals surface area contributed by atoms with E-state index in [1.165, 1.54) is 11.9 Å². The normalized spacial score (nSPS) is 21.3. The summed E-state index contributed by atoms with van der Waals surface area (Å²) < 4.78 is 17.8. The molecule has 0 bridgehead atoms. The average Bonchev–Trinajstić information content (AvgIpc) is 3.03. The lowest BCUT2D eigenvalue weighted by atomic mass is 9.91. The number of rotatable bonds is 11. The highest BCUT2D eigenvalue weighted by atomic mass is 16.7. The Kier molecular flexibility index (Phi) is 11.4. The molecule has 13 heteroatoms. The van der Waals surface area contributed by atoms with E-state index in [2.05, 4.69) is 15.7 Å². The molecular weight excluding hydrogens is 608 g/mol. The van der Waals surface area contributed by atoms with Crippen molar-refractivity contribution in [2.24, 2.45) is 11.8 Å². The highest BCUT2D eigenvalue weighted by Gasteiger charge is 2.42. The number of fused-ring (bicyclic) bond motifs is 1. The second-order valence-corrected chi connectivity index (χ2v) is 13.2. The smallest absolute Gasteiger partial charge is 0.322 e. The van der Waals surface area contributed by atoms with Crippen LogP contribution in [0.2, 0.25) is 0 Å². The van der Waals surface area contributed by atoms with E-state index in [1.807, 2.05) is 24.3 Å². The first-order valence-electron chi connectivity index (χ1n) is 16.0. The molecule has 1 aromatic carbocycles. The number of carboxylic acid groups (broad SMARTS) is 1. The van der Waals surface area contributed by atoms with Crippen molar-refractivity contribution < 1.29 is 43.6 Å². The molecule has 0 aliphatic carbocycles. The molecule has 0 spiro atoms. The van der Waals surface area contributed by atoms with Gasteiger partial charge < -0.3 is 29.7 Å². The fourth-order valence-corrected chi connectivity index (χ4v) is 5.42. The summed E-state index contributed by atoms with van der Waals surface area (Å²) in [6.45, 7) is 10.7. The van der Waals surface area contributed by atoms with E-state index >= 15 is 0 Å². The lowest BCUT2D eigenvalue weighted by molar-refractivity contribution is -0.293. The number of amides is 2. The molecule has 3 heterocycles. The number of nitrogens with one attached hydrogen (secondary N) is 2. The van der Waals surface area contributed by atoms with Gasteiger partial charge in [0.15, 0.2) is 11.4 Å². The monoisotopic (exact) mass is 654 g/mol. The Morgan fingerprint density at radius 2 is 1.81 bits per heavy atom. The van der Waals surface area contributed by atoms with E-state index < -0.39 is 59.2 Å². The van der Waals surface area contributed by atoms with Crippen molar-refractivity contribution in [1.82, 2.24) is 20.7 Å². The SMILES string of the molecule is CC(C)[C@H](CC(=O)OC1(/C=C/c2ccc3ccc([C@@H](C)O)nc3c2)COC(C)(C)OC1)C(=O)N[C@@H](C)C(=O)N1CCC[C@@H](C(=O)O)N1. The minimum Gasteiger partial charge on any atom is -0.480 e. The molecule has 0 radical (unpaired) electrons. The van der Waals surface area contributed by atoms with E-state index in [9.17, 15) is 29.4 Å². The van der Waals surface area contributed by atoms with Crippen LogP contribution in [-0.4, -0.2) is 87.2 Å². The molecule has 2 amide bonds. The number of carbonyl (C=O) groups is 4. The molecular formula is C34H46N4O9. The zero-order chi connectivity index (χ0) is 34.5. The van der Waals surface area contributed by atoms with Crippen LogP contribution in [0, 0.1) is 11.8 Å². The molecule has 256 valence electrons. The van der Waals surface area contributed by atoms with E-state index in [1.54, 1.807) is 52.8 Å². The second-order valence-electron chi connectivity index (χ2n) is 13.2. The number of ether oxygens (including phenoxy) is 3. The summed E-state index contributed by atoms with van der Waals surface area (Å²) in [5.74, 6) is -4.62. The van der Waals surface area contributed by atoms with Gasteiger partial charge >= 0.3 is 11.9 Å². The maximum absolute atomic E-state index is 13.4. The Hall–Kier alpha value is -3.91. The number of pyridine rings is 1. The summed E-state index contributed by atoms with van der Waals surface area (Å²) in [5.41, 5.74) is 3.46. The molecule has 4 rings (SSSR count). The van der Waals surface area contributed by atoms with Crippen molar-refractivity contribution in [3.63, 3.8) is 0 Å². The van der Waals surface area contributed by atoms with Gasteiger partial charge in [0.2, 0.25) is 5.91 Å². The molecule has 2 aliphatic rings. The van der Waals surface area contributed by atoms with Crippen LogP contribution in [-0.2, 0) is 33.4 Å². The number of aliphatic hydroxyl groups excluding tert-OH is 1. The molecule has 4 atom stereocenters. The van der Waals surface area contributed by atoms with Crippen molar-refractivity contribution in [1.29, 1.82) is 0 Å². The first-order chi connectivity index (χ1) is 22.1. The summed E-state index contributed by atoms with van der Waals surface area (Å²) in [6.07, 6.45) is 3.44. The number of benzene rings is 1. The number of aliphatic carboxylic acids is 1. The second kappa shape index (κ2) is 14.9. The number of aromatic nitrogens is 1. The largest absolute Gasteiger partial charge is 0.480 e. The van der Waals surface area contributed by atoms with Gasteiger partial charge in [0.25, 0.3) is 5.91 Å². The maximum atomic E-state index is 13.4. The first kappa shape index (κ1) is 35.9. The minimum absolute atomic E-state index is 0.0183. The number of carbonyl (C=O) groups excluding carboxylic acids is 3. The van der Waals surface area contributed by atoms with Crippen LogP contribution < -0.4 is 10.7 Å². The molecule has 0 unspecified atom stereocenters. The molecule has 2 fully saturated rings. The summed E-state index contributed by atoms with van der Waals surface area (Å²) in [5, 5.41) is 24.1. The summed E-state index contributed by atoms with van der Waals surface area (Å²) in [7, 11) is 0. The summed E-state index contributed by atoms with van der Waals surface area (Å²) >= 11 is 0. The lowest BCUT2D eigenvalue weighted by Crippen LogP contribution is -2.59. The molecule has 1 aromatic heterocycles. The fraction of sp³-hybridized carbons (Fsp3) is 0.559. The minimum atomic E-state index is -1.28. The van der Waals surface area contributed by atoms with E-state index in [-0.39, 0.29) is 25.6 Å². The molecule has 0 saturated carbocycles. The topological polar surface area (TPSA) is 177 Å². The third kappa shape index (κ3) is 9.34. The van der Waals surface area contributed by atoms with Crippen molar-refractivity contribution in [3.05, 3.63) is 47.7 Å². The summed E-state index contributed by atoms with van der Waals surface area (Å²) in [4.78, 5) is 55.7. The molecule has 2 saturated heterocycles. The van der Waals surface area contributed by atoms with Gasteiger partial charge in [-0.1, -0.05) is 38.1 Å². The van der Waals surface area contributed by atoms with Crippen molar-refractivity contribution >= 4 is 40.7 Å². The summed E-state index contributed by atoms with van der Waals surface area (Å²) in [6, 6.07) is 7.51. The van der Waals surface area contributed by atoms with Gasteiger partial charge in [0, 0.05) is 11.9 Å². The van der Waals surface area contributed by atoms with Crippen LogP contribution in [0.15, 0.2) is 36.4 Å². The third-order valence-corrected chi connectivity index (χ3v) is 8.40.